The molecule has 0 saturated heterocycles. The third-order valence-corrected chi connectivity index (χ3v) is 5.13. The number of phenolic OH excluding ortho intramolecular Hbond substituents is 2. The highest BCUT2D eigenvalue weighted by Gasteiger charge is 2.31. The largest absolute Gasteiger partial charge is 0.508 e. The summed E-state index contributed by atoms with van der Waals surface area (Å²) < 4.78 is 5.82. The molecule has 2 aromatic rings. The molecule has 0 aliphatic carbocycles. The van der Waals surface area contributed by atoms with E-state index < -0.39 is 5.92 Å². The van der Waals surface area contributed by atoms with Crippen LogP contribution in [0.4, 0.5) is 0 Å². The lowest BCUT2D eigenvalue weighted by Gasteiger charge is -2.25. The van der Waals surface area contributed by atoms with Crippen molar-refractivity contribution in [3.05, 3.63) is 75.9 Å². The summed E-state index contributed by atoms with van der Waals surface area (Å²) >= 11 is 0. The molecular weight excluding hydrogens is 364 g/mol. The van der Waals surface area contributed by atoms with Crippen LogP contribution in [0.2, 0.25) is 0 Å². The maximum absolute atomic E-state index is 13.2. The molecule has 1 unspecified atom stereocenters. The second-order valence-corrected chi connectivity index (χ2v) is 8.06. The van der Waals surface area contributed by atoms with Crippen molar-refractivity contribution in [2.75, 3.05) is 6.61 Å². The average molecular weight is 392 g/mol. The molecule has 0 radical (unpaired) electrons. The highest BCUT2D eigenvalue weighted by atomic mass is 16.5. The first-order valence-corrected chi connectivity index (χ1v) is 9.87. The van der Waals surface area contributed by atoms with Gasteiger partial charge in [-0.05, 0) is 69.4 Å². The number of rotatable bonds is 5. The third kappa shape index (κ3) is 4.70. The van der Waals surface area contributed by atoms with E-state index in [2.05, 4.69) is 0 Å². The number of ether oxygens (including phenoxy) is 1. The van der Waals surface area contributed by atoms with Gasteiger partial charge in [-0.3, -0.25) is 4.79 Å². The smallest absolute Gasteiger partial charge is 0.177 e. The topological polar surface area (TPSA) is 66.8 Å². The number of allylic oxidation sites excluding steroid dienone is 4. The first-order chi connectivity index (χ1) is 13.8. The van der Waals surface area contributed by atoms with Crippen molar-refractivity contribution in [1.82, 2.24) is 0 Å². The van der Waals surface area contributed by atoms with E-state index in [-0.39, 0.29) is 23.9 Å². The number of carbonyl (C=O) groups is 1. The lowest BCUT2D eigenvalue weighted by atomic mass is 9.86. The molecule has 0 aromatic heterocycles. The number of carbonyl (C=O) groups excluding carboxylic acids is 1. The first kappa shape index (κ1) is 20.7. The van der Waals surface area contributed by atoms with Gasteiger partial charge in [0.15, 0.2) is 5.78 Å². The summed E-state index contributed by atoms with van der Waals surface area (Å²) in [6.07, 6.45) is 5.24. The fraction of sp³-hybridized carbons (Fsp3) is 0.320. The lowest BCUT2D eigenvalue weighted by Crippen LogP contribution is -2.26. The zero-order chi connectivity index (χ0) is 21.1. The fourth-order valence-corrected chi connectivity index (χ4v) is 3.39. The van der Waals surface area contributed by atoms with Crippen molar-refractivity contribution in [2.24, 2.45) is 0 Å². The van der Waals surface area contributed by atoms with Crippen molar-refractivity contribution in [3.8, 4) is 17.2 Å². The minimum atomic E-state index is -0.436. The van der Waals surface area contributed by atoms with Gasteiger partial charge >= 0.3 is 0 Å². The van der Waals surface area contributed by atoms with Gasteiger partial charge in [0.1, 0.15) is 23.9 Å². The van der Waals surface area contributed by atoms with Crippen LogP contribution in [0.3, 0.4) is 0 Å². The number of hydrogen-bond donors (Lipinski definition) is 2. The van der Waals surface area contributed by atoms with E-state index in [1.54, 1.807) is 18.2 Å². The molecule has 2 N–H and O–H groups in total. The Balaban J connectivity index is 1.93. The van der Waals surface area contributed by atoms with Crippen LogP contribution in [-0.4, -0.2) is 22.6 Å². The Kier molecular flexibility index (Phi) is 6.12. The van der Waals surface area contributed by atoms with Crippen LogP contribution in [0.15, 0.2) is 53.6 Å². The quantitative estimate of drug-likeness (QED) is 0.662. The van der Waals surface area contributed by atoms with Gasteiger partial charge in [-0.2, -0.15) is 0 Å². The number of Topliss-reactive ketones (excluding diaryl/α,β-unsaturated/α-hetero) is 1. The summed E-state index contributed by atoms with van der Waals surface area (Å²) in [6, 6.07) is 8.58. The zero-order valence-corrected chi connectivity index (χ0v) is 17.5. The van der Waals surface area contributed by atoms with Gasteiger partial charge in [0.2, 0.25) is 0 Å². The summed E-state index contributed by atoms with van der Waals surface area (Å²) in [6.45, 7) is 8.23. The molecule has 152 valence electrons. The molecule has 4 heteroatoms. The monoisotopic (exact) mass is 392 g/mol. The highest BCUT2D eigenvalue weighted by Crippen LogP contribution is 2.37. The van der Waals surface area contributed by atoms with E-state index in [4.69, 9.17) is 4.74 Å². The Morgan fingerprint density at radius 2 is 1.59 bits per heavy atom. The summed E-state index contributed by atoms with van der Waals surface area (Å²) in [4.78, 5) is 13.2. The molecule has 1 atom stereocenters. The van der Waals surface area contributed by atoms with Crippen LogP contribution >= 0.6 is 0 Å². The molecular formula is C25H28O4. The molecule has 0 fully saturated rings. The van der Waals surface area contributed by atoms with Crippen molar-refractivity contribution >= 4 is 5.78 Å². The van der Waals surface area contributed by atoms with E-state index in [1.807, 2.05) is 45.9 Å². The molecule has 1 heterocycles. The van der Waals surface area contributed by atoms with Gasteiger partial charge in [0, 0.05) is 6.07 Å². The summed E-state index contributed by atoms with van der Waals surface area (Å²) in [5.41, 5.74) is 5.14. The molecule has 4 nitrogen and oxygen atoms in total. The van der Waals surface area contributed by atoms with Crippen molar-refractivity contribution in [1.29, 1.82) is 0 Å². The third-order valence-electron chi connectivity index (χ3n) is 5.13. The number of ketones is 1. The predicted molar refractivity (Wildman–Crippen MR) is 115 cm³/mol. The summed E-state index contributed by atoms with van der Waals surface area (Å²) in [5.74, 6) is 0.331. The second kappa shape index (κ2) is 8.56. The molecule has 0 amide bonds. The maximum Gasteiger partial charge on any atom is 0.177 e. The molecule has 2 aromatic carbocycles. The Hall–Kier alpha value is -3.01. The highest BCUT2D eigenvalue weighted by molar-refractivity contribution is 6.04. The predicted octanol–water partition coefficient (Wildman–Crippen LogP) is 5.47. The minimum Gasteiger partial charge on any atom is -0.508 e. The lowest BCUT2D eigenvalue weighted by molar-refractivity contribution is 0.0896. The van der Waals surface area contributed by atoms with Gasteiger partial charge in [-0.15, -0.1) is 0 Å². The Morgan fingerprint density at radius 1 is 0.966 bits per heavy atom. The van der Waals surface area contributed by atoms with Crippen LogP contribution < -0.4 is 4.74 Å². The van der Waals surface area contributed by atoms with Crippen molar-refractivity contribution in [3.63, 3.8) is 0 Å². The maximum atomic E-state index is 13.2. The van der Waals surface area contributed by atoms with Crippen LogP contribution in [0, 0.1) is 0 Å². The van der Waals surface area contributed by atoms with Gasteiger partial charge in [0.25, 0.3) is 0 Å². The molecule has 0 spiro atoms. The van der Waals surface area contributed by atoms with E-state index in [9.17, 15) is 15.0 Å². The van der Waals surface area contributed by atoms with E-state index in [0.717, 1.165) is 16.7 Å². The standard InChI is InChI=1S/C25H28O4/c1-15(2)5-7-18-11-17(9-10-22(18)26)21-14-29-24-13-23(27)19(8-6-16(3)4)12-20(24)25(21)28/h5-6,9-13,21,26-27H,7-8,14H2,1-4H3. The number of aromatic hydroxyl groups is 2. The normalized spacial score (nSPS) is 15.3. The van der Waals surface area contributed by atoms with E-state index in [0.29, 0.717) is 29.7 Å². The SMILES string of the molecule is CC(C)=CCc1cc(C2COc3cc(O)c(CC=C(C)C)cc3C2=O)ccc1O. The van der Waals surface area contributed by atoms with Gasteiger partial charge in [-0.1, -0.05) is 35.4 Å². The molecule has 29 heavy (non-hydrogen) atoms. The number of hydrogen-bond acceptors (Lipinski definition) is 4. The van der Waals surface area contributed by atoms with Gasteiger partial charge in [0.05, 0.1) is 11.5 Å². The van der Waals surface area contributed by atoms with E-state index in [1.165, 1.54) is 11.6 Å². The van der Waals surface area contributed by atoms with E-state index >= 15 is 0 Å². The van der Waals surface area contributed by atoms with Crippen LogP contribution in [-0.2, 0) is 12.8 Å². The number of fused-ring (bicyclic) bond motifs is 1. The van der Waals surface area contributed by atoms with Crippen molar-refractivity contribution in [2.45, 2.75) is 46.5 Å². The van der Waals surface area contributed by atoms with Crippen LogP contribution in [0.1, 0.15) is 60.7 Å². The summed E-state index contributed by atoms with van der Waals surface area (Å²) in [5, 5.41) is 20.4. The Morgan fingerprint density at radius 3 is 2.21 bits per heavy atom. The van der Waals surface area contributed by atoms with Crippen LogP contribution in [0.25, 0.3) is 0 Å². The fourth-order valence-electron chi connectivity index (χ4n) is 3.39. The molecule has 1 aliphatic rings. The summed E-state index contributed by atoms with van der Waals surface area (Å²) in [7, 11) is 0. The second-order valence-electron chi connectivity index (χ2n) is 8.06. The van der Waals surface area contributed by atoms with Crippen LogP contribution in [0.5, 0.6) is 17.2 Å². The Bertz CT molecular complexity index is 990. The van der Waals surface area contributed by atoms with Gasteiger partial charge < -0.3 is 14.9 Å². The molecule has 1 aliphatic heterocycles. The average Bonchev–Trinajstić information content (AvgIpc) is 2.66. The molecule has 0 saturated carbocycles. The first-order valence-electron chi connectivity index (χ1n) is 9.87. The number of benzene rings is 2. The minimum absolute atomic E-state index is 0.0245. The number of phenols is 2. The van der Waals surface area contributed by atoms with Crippen molar-refractivity contribution < 1.29 is 19.7 Å². The van der Waals surface area contributed by atoms with Gasteiger partial charge in [-0.25, -0.2) is 0 Å². The Labute approximate surface area is 172 Å². The molecule has 3 rings (SSSR count). The zero-order valence-electron chi connectivity index (χ0n) is 17.5. The molecule has 0 bridgehead atoms.